The fraction of sp³-hybridized carbons (Fsp3) is 0.200. The van der Waals surface area contributed by atoms with Crippen LogP contribution in [-0.4, -0.2) is 31.2 Å². The van der Waals surface area contributed by atoms with Gasteiger partial charge in [0.25, 0.3) is 5.91 Å². The summed E-state index contributed by atoms with van der Waals surface area (Å²) in [5, 5.41) is 0. The number of rotatable bonds is 2. The lowest BCUT2D eigenvalue weighted by Crippen LogP contribution is -2.29. The first kappa shape index (κ1) is 13.4. The maximum atomic E-state index is 13.7. The van der Waals surface area contributed by atoms with E-state index in [9.17, 15) is 9.18 Å². The maximum Gasteiger partial charge on any atom is 0.263 e. The Bertz CT molecular complexity index is 690. The van der Waals surface area contributed by atoms with Crippen molar-refractivity contribution in [3.63, 3.8) is 0 Å². The predicted octanol–water partition coefficient (Wildman–Crippen LogP) is 2.27. The Morgan fingerprint density at radius 1 is 1.24 bits per heavy atom. The number of anilines is 1. The summed E-state index contributed by atoms with van der Waals surface area (Å²) in [6, 6.07) is 7.77. The predicted molar refractivity (Wildman–Crippen MR) is 74.4 cm³/mol. The lowest BCUT2D eigenvalue weighted by molar-refractivity contribution is 0.0980. The van der Waals surface area contributed by atoms with Crippen LogP contribution in [0, 0.1) is 5.82 Å². The van der Waals surface area contributed by atoms with Crippen LogP contribution in [0.5, 0.6) is 11.5 Å². The van der Waals surface area contributed by atoms with Gasteiger partial charge >= 0.3 is 0 Å². The Morgan fingerprint density at radius 2 is 2.05 bits per heavy atom. The smallest absolute Gasteiger partial charge is 0.263 e. The molecule has 2 aromatic rings. The number of nitrogens with zero attached hydrogens (tertiary/aromatic N) is 2. The van der Waals surface area contributed by atoms with Crippen LogP contribution in [0.2, 0.25) is 0 Å². The summed E-state index contributed by atoms with van der Waals surface area (Å²) in [5.41, 5.74) is 0.319. The molecule has 21 heavy (non-hydrogen) atoms. The lowest BCUT2D eigenvalue weighted by atomic mass is 10.1. The highest BCUT2D eigenvalue weighted by molar-refractivity contribution is 6.07. The first-order valence-electron chi connectivity index (χ1n) is 6.45. The van der Waals surface area contributed by atoms with Gasteiger partial charge in [0.1, 0.15) is 13.2 Å². The molecule has 2 heterocycles. The molecule has 108 valence electrons. The van der Waals surface area contributed by atoms with E-state index >= 15 is 0 Å². The molecule has 5 nitrogen and oxygen atoms in total. The molecule has 1 aliphatic rings. The Labute approximate surface area is 120 Å². The number of hydrogen-bond acceptors (Lipinski definition) is 4. The van der Waals surface area contributed by atoms with Crippen molar-refractivity contribution in [3.8, 4) is 11.5 Å². The average molecular weight is 288 g/mol. The van der Waals surface area contributed by atoms with E-state index in [2.05, 4.69) is 4.98 Å². The largest absolute Gasteiger partial charge is 0.486 e. The first-order valence-corrected chi connectivity index (χ1v) is 6.45. The van der Waals surface area contributed by atoms with Crippen LogP contribution in [0.1, 0.15) is 10.4 Å². The van der Waals surface area contributed by atoms with Crippen LogP contribution in [0.4, 0.5) is 10.2 Å². The van der Waals surface area contributed by atoms with Gasteiger partial charge in [-0.3, -0.25) is 9.69 Å². The van der Waals surface area contributed by atoms with Crippen molar-refractivity contribution >= 4 is 11.7 Å². The quantitative estimate of drug-likeness (QED) is 0.850. The second kappa shape index (κ2) is 5.40. The van der Waals surface area contributed by atoms with Crippen molar-refractivity contribution < 1.29 is 18.7 Å². The van der Waals surface area contributed by atoms with Gasteiger partial charge < -0.3 is 9.47 Å². The molecule has 0 bridgehead atoms. The van der Waals surface area contributed by atoms with Gasteiger partial charge in [-0.25, -0.2) is 9.37 Å². The third-order valence-electron chi connectivity index (χ3n) is 3.16. The minimum atomic E-state index is -0.560. The molecular formula is C15H13FN2O3. The zero-order valence-corrected chi connectivity index (χ0v) is 11.4. The van der Waals surface area contributed by atoms with Crippen LogP contribution in [0.15, 0.2) is 36.5 Å². The number of benzene rings is 1. The highest BCUT2D eigenvalue weighted by Gasteiger charge is 2.25. The second-order valence-corrected chi connectivity index (χ2v) is 4.50. The molecule has 0 radical (unpaired) electrons. The molecule has 0 saturated carbocycles. The van der Waals surface area contributed by atoms with Crippen molar-refractivity contribution in [1.82, 2.24) is 4.98 Å². The number of hydrogen-bond donors (Lipinski definition) is 0. The maximum absolute atomic E-state index is 13.7. The average Bonchev–Trinajstić information content (AvgIpc) is 2.53. The normalized spacial score (nSPS) is 12.9. The number of para-hydroxylation sites is 1. The first-order chi connectivity index (χ1) is 10.2. The summed E-state index contributed by atoms with van der Waals surface area (Å²) in [4.78, 5) is 17.6. The molecule has 0 saturated heterocycles. The topological polar surface area (TPSA) is 51.7 Å². The molecule has 6 heteroatoms. The van der Waals surface area contributed by atoms with E-state index in [0.29, 0.717) is 30.3 Å². The highest BCUT2D eigenvalue weighted by Crippen LogP contribution is 2.34. The number of pyridine rings is 1. The molecule has 0 atom stereocenters. The van der Waals surface area contributed by atoms with Crippen molar-refractivity contribution in [2.75, 3.05) is 25.2 Å². The molecule has 0 unspecified atom stereocenters. The summed E-state index contributed by atoms with van der Waals surface area (Å²) in [6.45, 7) is 0.814. The van der Waals surface area contributed by atoms with Gasteiger partial charge in [-0.15, -0.1) is 0 Å². The minimum absolute atomic E-state index is 0.0307. The van der Waals surface area contributed by atoms with Crippen molar-refractivity contribution in [2.24, 2.45) is 0 Å². The number of carbonyl (C=O) groups excluding carboxylic acids is 1. The summed E-state index contributed by atoms with van der Waals surface area (Å²) < 4.78 is 24.7. The zero-order valence-electron chi connectivity index (χ0n) is 11.4. The van der Waals surface area contributed by atoms with E-state index in [0.717, 1.165) is 4.90 Å². The van der Waals surface area contributed by atoms with E-state index in [1.807, 2.05) is 0 Å². The number of halogens is 1. The molecule has 1 aromatic carbocycles. The molecule has 3 rings (SSSR count). The molecule has 1 aliphatic heterocycles. The second-order valence-electron chi connectivity index (χ2n) is 4.50. The van der Waals surface area contributed by atoms with Crippen molar-refractivity contribution in [1.29, 1.82) is 0 Å². The molecule has 1 amide bonds. The standard InChI is InChI=1S/C15H13FN2O3/c1-18(14-11(16)5-3-7-17-14)15(19)10-4-2-6-12-13(10)21-9-8-20-12/h2-7H,8-9H2,1H3. The van der Waals surface area contributed by atoms with Crippen LogP contribution in [0.25, 0.3) is 0 Å². The Kier molecular flexibility index (Phi) is 3.43. The molecule has 0 aliphatic carbocycles. The van der Waals surface area contributed by atoms with Crippen molar-refractivity contribution in [2.45, 2.75) is 0 Å². The molecule has 0 N–H and O–H groups in total. The van der Waals surface area contributed by atoms with Crippen LogP contribution < -0.4 is 14.4 Å². The number of amides is 1. The van der Waals surface area contributed by atoms with E-state index in [1.165, 1.54) is 25.4 Å². The van der Waals surface area contributed by atoms with Gasteiger partial charge in [-0.1, -0.05) is 6.07 Å². The molecule has 0 spiro atoms. The number of fused-ring (bicyclic) bond motifs is 1. The van der Waals surface area contributed by atoms with Gasteiger partial charge in [0.05, 0.1) is 5.56 Å². The Hall–Kier alpha value is -2.63. The van der Waals surface area contributed by atoms with Gasteiger partial charge in [0.15, 0.2) is 23.1 Å². The Morgan fingerprint density at radius 3 is 2.86 bits per heavy atom. The fourth-order valence-electron chi connectivity index (χ4n) is 2.14. The number of ether oxygens (including phenoxy) is 2. The molecular weight excluding hydrogens is 275 g/mol. The molecule has 0 fully saturated rings. The minimum Gasteiger partial charge on any atom is -0.486 e. The van der Waals surface area contributed by atoms with Crippen molar-refractivity contribution in [3.05, 3.63) is 47.9 Å². The van der Waals surface area contributed by atoms with Crippen LogP contribution in [0.3, 0.4) is 0 Å². The number of carbonyl (C=O) groups is 1. The third-order valence-corrected chi connectivity index (χ3v) is 3.16. The van der Waals surface area contributed by atoms with E-state index in [-0.39, 0.29) is 5.82 Å². The summed E-state index contributed by atoms with van der Waals surface area (Å²) >= 11 is 0. The third kappa shape index (κ3) is 2.40. The van der Waals surface area contributed by atoms with Crippen LogP contribution in [-0.2, 0) is 0 Å². The molecule has 1 aromatic heterocycles. The lowest BCUT2D eigenvalue weighted by Gasteiger charge is -2.23. The SMILES string of the molecule is CN(C(=O)c1cccc2c1OCCO2)c1ncccc1F. The van der Waals surface area contributed by atoms with E-state index in [4.69, 9.17) is 9.47 Å². The van der Waals surface area contributed by atoms with Gasteiger partial charge in [-0.05, 0) is 24.3 Å². The summed E-state index contributed by atoms with van der Waals surface area (Å²) in [7, 11) is 1.47. The Balaban J connectivity index is 1.98. The van der Waals surface area contributed by atoms with Gasteiger partial charge in [0.2, 0.25) is 0 Å². The van der Waals surface area contributed by atoms with Gasteiger partial charge in [0, 0.05) is 13.2 Å². The van der Waals surface area contributed by atoms with E-state index in [1.54, 1.807) is 18.2 Å². The van der Waals surface area contributed by atoms with Gasteiger partial charge in [-0.2, -0.15) is 0 Å². The number of aromatic nitrogens is 1. The highest BCUT2D eigenvalue weighted by atomic mass is 19.1. The summed E-state index contributed by atoms with van der Waals surface area (Å²) in [6.07, 6.45) is 1.43. The zero-order chi connectivity index (χ0) is 14.8. The summed E-state index contributed by atoms with van der Waals surface area (Å²) in [5.74, 6) is -0.0963. The van der Waals surface area contributed by atoms with E-state index < -0.39 is 11.7 Å². The van der Waals surface area contributed by atoms with Crippen LogP contribution >= 0.6 is 0 Å². The fourth-order valence-corrected chi connectivity index (χ4v) is 2.14. The monoisotopic (exact) mass is 288 g/mol.